The van der Waals surface area contributed by atoms with E-state index in [9.17, 15) is 22.8 Å². The highest BCUT2D eigenvalue weighted by Crippen LogP contribution is 2.46. The lowest BCUT2D eigenvalue weighted by molar-refractivity contribution is -0.137. The van der Waals surface area contributed by atoms with Crippen molar-refractivity contribution in [3.8, 4) is 0 Å². The van der Waals surface area contributed by atoms with Gasteiger partial charge in [0.2, 0.25) is 11.9 Å². The first-order valence-electron chi connectivity index (χ1n) is 8.91. The molecule has 146 valence electrons. The molecule has 1 heterocycles. The normalized spacial score (nSPS) is 17.7. The third-order valence-corrected chi connectivity index (χ3v) is 4.92. The van der Waals surface area contributed by atoms with Gasteiger partial charge in [0.15, 0.2) is 0 Å². The fraction of sp³-hybridized carbons (Fsp3) is 0.368. The number of rotatable bonds is 5. The summed E-state index contributed by atoms with van der Waals surface area (Å²) >= 11 is 0. The van der Waals surface area contributed by atoms with Gasteiger partial charge in [0.1, 0.15) is 5.69 Å². The van der Waals surface area contributed by atoms with Crippen LogP contribution in [0.5, 0.6) is 0 Å². The van der Waals surface area contributed by atoms with Crippen molar-refractivity contribution in [2.24, 2.45) is 5.92 Å². The zero-order chi connectivity index (χ0) is 19.9. The molecule has 2 N–H and O–H groups in total. The number of alkyl halides is 3. The van der Waals surface area contributed by atoms with E-state index in [0.29, 0.717) is 18.4 Å². The summed E-state index contributed by atoms with van der Waals surface area (Å²) in [7, 11) is 0. The lowest BCUT2D eigenvalue weighted by atomic mass is 10.0. The Kier molecular flexibility index (Phi) is 4.32. The number of hydrogen-bond donors (Lipinski definition) is 2. The number of aromatic nitrogens is 2. The van der Waals surface area contributed by atoms with Gasteiger partial charge >= 0.3 is 6.18 Å². The minimum absolute atomic E-state index is 0.0308. The van der Waals surface area contributed by atoms with E-state index in [1.807, 2.05) is 0 Å². The second-order valence-electron chi connectivity index (χ2n) is 7.14. The minimum atomic E-state index is -4.45. The molecular formula is C19H17F3N4O2. The molecule has 9 heteroatoms. The van der Waals surface area contributed by atoms with Gasteiger partial charge < -0.3 is 5.32 Å². The van der Waals surface area contributed by atoms with Gasteiger partial charge in [0.25, 0.3) is 5.91 Å². The van der Waals surface area contributed by atoms with Gasteiger partial charge in [-0.25, -0.2) is 9.97 Å². The smallest absolute Gasteiger partial charge is 0.341 e. The number of hydrogen-bond acceptors (Lipinski definition) is 4. The molecule has 1 aromatic heterocycles. The molecule has 1 aromatic carbocycles. The molecule has 2 fully saturated rings. The summed E-state index contributed by atoms with van der Waals surface area (Å²) in [6.45, 7) is 0. The van der Waals surface area contributed by atoms with Crippen LogP contribution < -0.4 is 10.6 Å². The van der Waals surface area contributed by atoms with Crippen LogP contribution in [0.2, 0.25) is 0 Å². The molecule has 2 aliphatic rings. The highest BCUT2D eigenvalue weighted by molar-refractivity contribution is 5.95. The molecule has 0 atom stereocenters. The quantitative estimate of drug-likeness (QED) is 0.821. The summed E-state index contributed by atoms with van der Waals surface area (Å²) in [6.07, 6.45) is -0.366. The van der Waals surface area contributed by atoms with Crippen molar-refractivity contribution in [3.05, 3.63) is 53.3 Å². The van der Waals surface area contributed by atoms with Gasteiger partial charge in [-0.1, -0.05) is 12.1 Å². The second kappa shape index (κ2) is 6.57. The van der Waals surface area contributed by atoms with Crippen molar-refractivity contribution in [2.75, 3.05) is 5.32 Å². The van der Waals surface area contributed by atoms with Crippen molar-refractivity contribution >= 4 is 17.8 Å². The number of nitrogens with zero attached hydrogens (tertiary/aromatic N) is 2. The minimum Gasteiger partial charge on any atom is -0.341 e. The Morgan fingerprint density at radius 3 is 2.54 bits per heavy atom. The number of nitrogens with one attached hydrogen (secondary N) is 2. The van der Waals surface area contributed by atoms with E-state index >= 15 is 0 Å². The van der Waals surface area contributed by atoms with Crippen molar-refractivity contribution in [1.29, 1.82) is 0 Å². The predicted molar refractivity (Wildman–Crippen MR) is 93.2 cm³/mol. The fourth-order valence-corrected chi connectivity index (χ4v) is 2.99. The summed E-state index contributed by atoms with van der Waals surface area (Å²) in [4.78, 5) is 32.4. The molecule has 2 aliphatic carbocycles. The first-order chi connectivity index (χ1) is 13.3. The summed E-state index contributed by atoms with van der Waals surface area (Å²) in [5.41, 5.74) is -1.13. The van der Waals surface area contributed by atoms with Crippen LogP contribution in [0.1, 0.15) is 47.3 Å². The SMILES string of the molecule is O=C(NC1(c2cccc(C(F)(F)F)c2)CC1)c1ccnc(NC(=O)C2CC2)n1. The van der Waals surface area contributed by atoms with Crippen LogP contribution in [0.15, 0.2) is 36.5 Å². The van der Waals surface area contributed by atoms with Gasteiger partial charge in [-0.2, -0.15) is 13.2 Å². The summed E-state index contributed by atoms with van der Waals surface area (Å²) in [6, 6.07) is 6.36. The highest BCUT2D eigenvalue weighted by atomic mass is 19.4. The van der Waals surface area contributed by atoms with Crippen molar-refractivity contribution in [2.45, 2.75) is 37.4 Å². The molecule has 2 aromatic rings. The predicted octanol–water partition coefficient (Wildman–Crippen LogP) is 3.26. The molecule has 4 rings (SSSR count). The van der Waals surface area contributed by atoms with Crippen LogP contribution in [-0.4, -0.2) is 21.8 Å². The number of amides is 2. The molecule has 0 bridgehead atoms. The van der Waals surface area contributed by atoms with Crippen molar-refractivity contribution < 1.29 is 22.8 Å². The Morgan fingerprint density at radius 1 is 1.14 bits per heavy atom. The van der Waals surface area contributed by atoms with Crippen LogP contribution in [0, 0.1) is 5.92 Å². The fourth-order valence-electron chi connectivity index (χ4n) is 2.99. The van der Waals surface area contributed by atoms with Crippen LogP contribution in [0.3, 0.4) is 0 Å². The average Bonchev–Trinajstić information content (AvgIpc) is 3.56. The average molecular weight is 390 g/mol. The van der Waals surface area contributed by atoms with Gasteiger partial charge in [0.05, 0.1) is 11.1 Å². The van der Waals surface area contributed by atoms with Gasteiger partial charge in [-0.05, 0) is 49.4 Å². The zero-order valence-corrected chi connectivity index (χ0v) is 14.7. The molecule has 6 nitrogen and oxygen atoms in total. The first kappa shape index (κ1) is 18.4. The lowest BCUT2D eigenvalue weighted by Gasteiger charge is -2.19. The Hall–Kier alpha value is -2.97. The molecule has 0 radical (unpaired) electrons. The molecule has 0 saturated heterocycles. The number of anilines is 1. The van der Waals surface area contributed by atoms with E-state index in [1.54, 1.807) is 6.07 Å². The maximum Gasteiger partial charge on any atom is 0.416 e. The van der Waals surface area contributed by atoms with Crippen LogP contribution in [-0.2, 0) is 16.5 Å². The van der Waals surface area contributed by atoms with Gasteiger partial charge in [-0.15, -0.1) is 0 Å². The van der Waals surface area contributed by atoms with Crippen LogP contribution in [0.25, 0.3) is 0 Å². The second-order valence-corrected chi connectivity index (χ2v) is 7.14. The zero-order valence-electron chi connectivity index (χ0n) is 14.7. The van der Waals surface area contributed by atoms with E-state index in [1.165, 1.54) is 18.3 Å². The molecule has 2 saturated carbocycles. The largest absolute Gasteiger partial charge is 0.416 e. The molecule has 0 unspecified atom stereocenters. The molecule has 2 amide bonds. The van der Waals surface area contributed by atoms with Crippen LogP contribution >= 0.6 is 0 Å². The van der Waals surface area contributed by atoms with E-state index in [4.69, 9.17) is 0 Å². The number of halogens is 3. The summed E-state index contributed by atoms with van der Waals surface area (Å²) in [5, 5.41) is 5.35. The topological polar surface area (TPSA) is 84.0 Å². The Bertz CT molecular complexity index is 937. The lowest BCUT2D eigenvalue weighted by Crippen LogP contribution is -2.35. The Balaban J connectivity index is 1.50. The Morgan fingerprint density at radius 2 is 1.89 bits per heavy atom. The third-order valence-electron chi connectivity index (χ3n) is 4.92. The monoisotopic (exact) mass is 390 g/mol. The third kappa shape index (κ3) is 3.83. The summed E-state index contributed by atoms with van der Waals surface area (Å²) < 4.78 is 38.9. The molecule has 0 aliphatic heterocycles. The summed E-state index contributed by atoms with van der Waals surface area (Å²) in [5.74, 6) is -0.704. The van der Waals surface area contributed by atoms with E-state index in [0.717, 1.165) is 25.0 Å². The van der Waals surface area contributed by atoms with E-state index < -0.39 is 23.2 Å². The first-order valence-corrected chi connectivity index (χ1v) is 8.91. The number of benzene rings is 1. The molecular weight excluding hydrogens is 373 g/mol. The number of carbonyl (C=O) groups excluding carboxylic acids is 2. The van der Waals surface area contributed by atoms with Crippen molar-refractivity contribution in [3.63, 3.8) is 0 Å². The standard InChI is InChI=1S/C19H17F3N4O2/c20-19(21,22)13-3-1-2-12(10-13)18(7-8-18)26-16(28)14-6-9-23-17(24-14)25-15(27)11-4-5-11/h1-3,6,9-11H,4-5,7-8H2,(H,26,28)(H,23,24,25,27). The van der Waals surface area contributed by atoms with Gasteiger partial charge in [0, 0.05) is 12.1 Å². The van der Waals surface area contributed by atoms with E-state index in [2.05, 4.69) is 20.6 Å². The van der Waals surface area contributed by atoms with Gasteiger partial charge in [-0.3, -0.25) is 14.9 Å². The van der Waals surface area contributed by atoms with E-state index in [-0.39, 0.29) is 23.5 Å². The maximum atomic E-state index is 13.0. The van der Waals surface area contributed by atoms with Crippen LogP contribution in [0.4, 0.5) is 19.1 Å². The molecule has 0 spiro atoms. The molecule has 28 heavy (non-hydrogen) atoms. The Labute approximate surface area is 158 Å². The maximum absolute atomic E-state index is 13.0. The van der Waals surface area contributed by atoms with Crippen molar-refractivity contribution in [1.82, 2.24) is 15.3 Å². The highest BCUT2D eigenvalue weighted by Gasteiger charge is 2.47. The number of carbonyl (C=O) groups is 2.